The monoisotopic (exact) mass is 199 g/mol. The van der Waals surface area contributed by atoms with E-state index < -0.39 is 0 Å². The van der Waals surface area contributed by atoms with E-state index in [-0.39, 0.29) is 5.56 Å². The molecule has 0 saturated carbocycles. The van der Waals surface area contributed by atoms with Gasteiger partial charge < -0.3 is 0 Å². The fraction of sp³-hybridized carbons (Fsp3) is 0.182. The highest BCUT2D eigenvalue weighted by Crippen LogP contribution is 2.00. The first-order valence-corrected chi connectivity index (χ1v) is 4.52. The Balaban J connectivity index is 2.63. The fourth-order valence-electron chi connectivity index (χ4n) is 1.26. The minimum Gasteiger partial charge on any atom is -0.286 e. The summed E-state index contributed by atoms with van der Waals surface area (Å²) in [6.45, 7) is 2.09. The second-order valence-corrected chi connectivity index (χ2v) is 2.98. The standard InChI is InChI=1S/C11H9N3O/c1-2-3-7-14-8-13-9-5-4-6-12-10(9)11(14)15/h4-6,8H,7H2,1H3. The van der Waals surface area contributed by atoms with Crippen LogP contribution >= 0.6 is 0 Å². The van der Waals surface area contributed by atoms with E-state index in [1.54, 1.807) is 25.3 Å². The zero-order valence-corrected chi connectivity index (χ0v) is 8.27. The summed E-state index contributed by atoms with van der Waals surface area (Å²) < 4.78 is 1.45. The van der Waals surface area contributed by atoms with Crippen LogP contribution < -0.4 is 5.56 Å². The summed E-state index contributed by atoms with van der Waals surface area (Å²) in [4.78, 5) is 20.0. The van der Waals surface area contributed by atoms with Crippen LogP contribution in [0.1, 0.15) is 6.92 Å². The molecule has 2 rings (SSSR count). The van der Waals surface area contributed by atoms with E-state index in [0.29, 0.717) is 17.6 Å². The molecule has 2 heterocycles. The summed E-state index contributed by atoms with van der Waals surface area (Å²) in [7, 11) is 0. The van der Waals surface area contributed by atoms with E-state index in [2.05, 4.69) is 21.8 Å². The molecule has 0 aromatic carbocycles. The number of aromatic nitrogens is 3. The first-order chi connectivity index (χ1) is 7.33. The van der Waals surface area contributed by atoms with Gasteiger partial charge in [0.2, 0.25) is 0 Å². The predicted molar refractivity (Wildman–Crippen MR) is 57.2 cm³/mol. The molecule has 0 N–H and O–H groups in total. The van der Waals surface area contributed by atoms with Crippen LogP contribution in [0.25, 0.3) is 11.0 Å². The second kappa shape index (κ2) is 3.93. The largest absolute Gasteiger partial charge is 0.286 e. The van der Waals surface area contributed by atoms with Gasteiger partial charge in [0.15, 0.2) is 5.52 Å². The van der Waals surface area contributed by atoms with Crippen molar-refractivity contribution in [1.82, 2.24) is 14.5 Å². The number of rotatable bonds is 1. The lowest BCUT2D eigenvalue weighted by atomic mass is 10.3. The van der Waals surface area contributed by atoms with Crippen molar-refractivity contribution in [3.63, 3.8) is 0 Å². The quantitative estimate of drug-likeness (QED) is 0.639. The Morgan fingerprint density at radius 3 is 3.13 bits per heavy atom. The van der Waals surface area contributed by atoms with Gasteiger partial charge in [0.05, 0.1) is 18.4 Å². The molecule has 0 aliphatic heterocycles. The van der Waals surface area contributed by atoms with Crippen LogP contribution in [0.4, 0.5) is 0 Å². The van der Waals surface area contributed by atoms with Crippen molar-refractivity contribution in [3.05, 3.63) is 35.0 Å². The summed E-state index contributed by atoms with van der Waals surface area (Å²) in [6, 6.07) is 3.52. The molecule has 0 unspecified atom stereocenters. The van der Waals surface area contributed by atoms with Crippen molar-refractivity contribution in [1.29, 1.82) is 0 Å². The van der Waals surface area contributed by atoms with Gasteiger partial charge in [0, 0.05) is 6.20 Å². The Kier molecular flexibility index (Phi) is 2.46. The molecule has 0 fully saturated rings. The van der Waals surface area contributed by atoms with Gasteiger partial charge in [0.1, 0.15) is 0 Å². The third-order valence-corrected chi connectivity index (χ3v) is 2.01. The number of hydrogen-bond acceptors (Lipinski definition) is 3. The minimum atomic E-state index is -0.150. The SMILES string of the molecule is CC#CCn1cnc2cccnc2c1=O. The maximum absolute atomic E-state index is 11.8. The number of nitrogens with zero attached hydrogens (tertiary/aromatic N) is 3. The summed E-state index contributed by atoms with van der Waals surface area (Å²) >= 11 is 0. The van der Waals surface area contributed by atoms with Crippen molar-refractivity contribution < 1.29 is 0 Å². The Morgan fingerprint density at radius 2 is 2.33 bits per heavy atom. The summed E-state index contributed by atoms with van der Waals surface area (Å²) in [5.41, 5.74) is 0.851. The van der Waals surface area contributed by atoms with Crippen LogP contribution in [0.15, 0.2) is 29.5 Å². The molecular formula is C11H9N3O. The zero-order valence-electron chi connectivity index (χ0n) is 8.27. The van der Waals surface area contributed by atoms with Crippen LogP contribution in [0.3, 0.4) is 0 Å². The smallest absolute Gasteiger partial charge is 0.280 e. The highest BCUT2D eigenvalue weighted by Gasteiger charge is 2.02. The lowest BCUT2D eigenvalue weighted by Crippen LogP contribution is -2.20. The van der Waals surface area contributed by atoms with Crippen molar-refractivity contribution in [2.45, 2.75) is 13.5 Å². The third-order valence-electron chi connectivity index (χ3n) is 2.01. The Morgan fingerprint density at radius 1 is 1.47 bits per heavy atom. The molecule has 0 aliphatic rings. The Labute approximate surface area is 86.6 Å². The number of hydrogen-bond donors (Lipinski definition) is 0. The molecule has 74 valence electrons. The molecule has 2 aromatic rings. The molecule has 0 atom stereocenters. The van der Waals surface area contributed by atoms with Crippen LogP contribution in [0.2, 0.25) is 0 Å². The van der Waals surface area contributed by atoms with Gasteiger partial charge in [-0.3, -0.25) is 9.36 Å². The predicted octanol–water partition coefficient (Wildman–Crippen LogP) is 0.815. The summed E-state index contributed by atoms with van der Waals surface area (Å²) in [5.74, 6) is 5.55. The highest BCUT2D eigenvalue weighted by molar-refractivity contribution is 5.71. The van der Waals surface area contributed by atoms with Crippen molar-refractivity contribution in [2.75, 3.05) is 0 Å². The van der Waals surface area contributed by atoms with E-state index in [9.17, 15) is 4.79 Å². The molecule has 0 amide bonds. The second-order valence-electron chi connectivity index (χ2n) is 2.98. The van der Waals surface area contributed by atoms with Gasteiger partial charge in [-0.05, 0) is 19.1 Å². The van der Waals surface area contributed by atoms with Gasteiger partial charge >= 0.3 is 0 Å². The minimum absolute atomic E-state index is 0.150. The molecule has 0 radical (unpaired) electrons. The number of fused-ring (bicyclic) bond motifs is 1. The van der Waals surface area contributed by atoms with Crippen LogP contribution in [-0.4, -0.2) is 14.5 Å². The molecule has 15 heavy (non-hydrogen) atoms. The van der Waals surface area contributed by atoms with E-state index in [1.807, 2.05) is 0 Å². The molecule has 0 aliphatic carbocycles. The molecule has 2 aromatic heterocycles. The third kappa shape index (κ3) is 1.72. The van der Waals surface area contributed by atoms with Crippen LogP contribution in [0.5, 0.6) is 0 Å². The topological polar surface area (TPSA) is 47.8 Å². The maximum Gasteiger partial charge on any atom is 0.280 e. The van der Waals surface area contributed by atoms with Crippen LogP contribution in [-0.2, 0) is 6.54 Å². The average molecular weight is 199 g/mol. The first-order valence-electron chi connectivity index (χ1n) is 4.52. The van der Waals surface area contributed by atoms with Gasteiger partial charge in [-0.25, -0.2) is 9.97 Å². The van der Waals surface area contributed by atoms with E-state index in [4.69, 9.17) is 0 Å². The lowest BCUT2D eigenvalue weighted by molar-refractivity contribution is 0.779. The molecule has 0 saturated heterocycles. The summed E-state index contributed by atoms with van der Waals surface area (Å²) in [5, 5.41) is 0. The Hall–Kier alpha value is -2.15. The zero-order chi connectivity index (χ0) is 10.7. The van der Waals surface area contributed by atoms with E-state index >= 15 is 0 Å². The van der Waals surface area contributed by atoms with E-state index in [0.717, 1.165) is 0 Å². The highest BCUT2D eigenvalue weighted by atomic mass is 16.1. The molecule has 4 nitrogen and oxygen atoms in total. The molecular weight excluding hydrogens is 190 g/mol. The normalized spacial score (nSPS) is 9.67. The first kappa shape index (κ1) is 9.41. The molecule has 0 bridgehead atoms. The lowest BCUT2D eigenvalue weighted by Gasteiger charge is -2.00. The van der Waals surface area contributed by atoms with E-state index in [1.165, 1.54) is 10.9 Å². The maximum atomic E-state index is 11.8. The Bertz CT molecular complexity index is 604. The average Bonchev–Trinajstić information content (AvgIpc) is 2.29. The van der Waals surface area contributed by atoms with Gasteiger partial charge in [0.25, 0.3) is 5.56 Å². The van der Waals surface area contributed by atoms with Crippen molar-refractivity contribution in [3.8, 4) is 11.8 Å². The summed E-state index contributed by atoms with van der Waals surface area (Å²) in [6.07, 6.45) is 3.08. The van der Waals surface area contributed by atoms with Crippen molar-refractivity contribution in [2.24, 2.45) is 0 Å². The fourth-order valence-corrected chi connectivity index (χ4v) is 1.26. The number of pyridine rings is 1. The van der Waals surface area contributed by atoms with Gasteiger partial charge in [-0.2, -0.15) is 0 Å². The van der Waals surface area contributed by atoms with Gasteiger partial charge in [-0.15, -0.1) is 5.92 Å². The molecule has 0 spiro atoms. The van der Waals surface area contributed by atoms with Gasteiger partial charge in [-0.1, -0.05) is 5.92 Å². The van der Waals surface area contributed by atoms with Crippen LogP contribution in [0, 0.1) is 11.8 Å². The van der Waals surface area contributed by atoms with Crippen molar-refractivity contribution >= 4 is 11.0 Å². The molecule has 4 heteroatoms.